The van der Waals surface area contributed by atoms with Crippen LogP contribution in [-0.2, 0) is 18.2 Å². The highest BCUT2D eigenvalue weighted by Gasteiger charge is 2.27. The van der Waals surface area contributed by atoms with E-state index in [2.05, 4.69) is 0 Å². The van der Waals surface area contributed by atoms with E-state index in [-0.39, 0.29) is 11.5 Å². The third-order valence-electron chi connectivity index (χ3n) is 3.67. The number of carbonyl (C=O) groups excluding carboxylic acids is 2. The summed E-state index contributed by atoms with van der Waals surface area (Å²) in [4.78, 5) is 23.4. The maximum Gasteiger partial charge on any atom is 0.354 e. The molecule has 98 valence electrons. The number of hydrogen-bond donors (Lipinski definition) is 1. The smallest absolute Gasteiger partial charge is 0.354 e. The number of phenolic OH excluding ortho intramolecular Hbond substituents is 1. The number of hydrogen-bond acceptors (Lipinski definition) is 4. The highest BCUT2D eigenvalue weighted by atomic mass is 16.5. The molecule has 0 saturated heterocycles. The molecule has 1 aliphatic carbocycles. The quantitative estimate of drug-likeness (QED) is 0.793. The van der Waals surface area contributed by atoms with E-state index in [1.807, 2.05) is 6.07 Å². The lowest BCUT2D eigenvalue weighted by Crippen LogP contribution is -2.07. The van der Waals surface area contributed by atoms with E-state index in [0.29, 0.717) is 29.6 Å². The number of methoxy groups -OCH3 is 1. The molecule has 0 unspecified atom stereocenters. The summed E-state index contributed by atoms with van der Waals surface area (Å²) >= 11 is 0. The van der Waals surface area contributed by atoms with E-state index in [1.54, 1.807) is 17.7 Å². The van der Waals surface area contributed by atoms with Gasteiger partial charge in [0.2, 0.25) is 0 Å². The first kappa shape index (κ1) is 11.8. The average molecular weight is 259 g/mol. The Morgan fingerprint density at radius 1 is 1.37 bits per heavy atom. The molecule has 19 heavy (non-hydrogen) atoms. The predicted octanol–water partition coefficient (Wildman–Crippen LogP) is 1.80. The molecular formula is C14H13NO4. The third-order valence-corrected chi connectivity index (χ3v) is 3.67. The van der Waals surface area contributed by atoms with Crippen molar-refractivity contribution in [1.29, 1.82) is 0 Å². The highest BCUT2D eigenvalue weighted by molar-refractivity contribution is 6.09. The number of nitrogens with zero attached hydrogens (tertiary/aromatic N) is 1. The van der Waals surface area contributed by atoms with E-state index >= 15 is 0 Å². The second-order valence-corrected chi connectivity index (χ2v) is 4.70. The number of fused-ring (bicyclic) bond motifs is 2. The molecule has 0 saturated carbocycles. The average Bonchev–Trinajstić information content (AvgIpc) is 2.91. The molecule has 0 atom stereocenters. The van der Waals surface area contributed by atoms with Crippen LogP contribution in [0.2, 0.25) is 0 Å². The molecule has 0 bridgehead atoms. The zero-order valence-electron chi connectivity index (χ0n) is 10.7. The van der Waals surface area contributed by atoms with Crippen LogP contribution in [-0.4, -0.2) is 28.5 Å². The van der Waals surface area contributed by atoms with Crippen LogP contribution in [0.3, 0.4) is 0 Å². The van der Waals surface area contributed by atoms with E-state index in [1.165, 1.54) is 7.11 Å². The minimum absolute atomic E-state index is 0.0346. The molecule has 1 heterocycles. The Labute approximate surface area is 109 Å². The topological polar surface area (TPSA) is 68.5 Å². The lowest BCUT2D eigenvalue weighted by atomic mass is 10.1. The van der Waals surface area contributed by atoms with Crippen LogP contribution in [0.25, 0.3) is 10.9 Å². The van der Waals surface area contributed by atoms with Gasteiger partial charge >= 0.3 is 5.97 Å². The Balaban J connectivity index is 2.36. The van der Waals surface area contributed by atoms with Gasteiger partial charge < -0.3 is 14.4 Å². The van der Waals surface area contributed by atoms with Gasteiger partial charge in [-0.15, -0.1) is 0 Å². The molecule has 5 nitrogen and oxygen atoms in total. The molecule has 0 spiro atoms. The number of aromatic nitrogens is 1. The van der Waals surface area contributed by atoms with E-state index < -0.39 is 5.97 Å². The van der Waals surface area contributed by atoms with Crippen molar-refractivity contribution in [2.45, 2.75) is 12.8 Å². The van der Waals surface area contributed by atoms with Gasteiger partial charge in [0.1, 0.15) is 5.69 Å². The minimum atomic E-state index is -0.468. The maximum atomic E-state index is 11.8. The van der Waals surface area contributed by atoms with Gasteiger partial charge in [-0.3, -0.25) is 4.79 Å². The lowest BCUT2D eigenvalue weighted by Gasteiger charge is -2.06. The number of Topliss-reactive ketones (excluding diaryl/α,β-unsaturated/α-hetero) is 1. The summed E-state index contributed by atoms with van der Waals surface area (Å²) in [6.07, 6.45) is 1.07. The fourth-order valence-electron chi connectivity index (χ4n) is 2.74. The Morgan fingerprint density at radius 3 is 2.79 bits per heavy atom. The van der Waals surface area contributed by atoms with E-state index in [0.717, 1.165) is 10.9 Å². The summed E-state index contributed by atoms with van der Waals surface area (Å²) in [7, 11) is 2.98. The van der Waals surface area contributed by atoms with Gasteiger partial charge in [-0.1, -0.05) is 0 Å². The zero-order valence-corrected chi connectivity index (χ0v) is 10.7. The van der Waals surface area contributed by atoms with Gasteiger partial charge in [0.15, 0.2) is 11.5 Å². The van der Waals surface area contributed by atoms with E-state index in [4.69, 9.17) is 4.74 Å². The molecule has 1 N–H and O–H groups in total. The Morgan fingerprint density at radius 2 is 2.11 bits per heavy atom. The first-order valence-electron chi connectivity index (χ1n) is 6.00. The molecule has 0 amide bonds. The highest BCUT2D eigenvalue weighted by Crippen LogP contribution is 2.38. The van der Waals surface area contributed by atoms with Crippen LogP contribution < -0.4 is 0 Å². The van der Waals surface area contributed by atoms with Crippen molar-refractivity contribution < 1.29 is 19.4 Å². The van der Waals surface area contributed by atoms with Gasteiger partial charge in [0.05, 0.1) is 18.2 Å². The van der Waals surface area contributed by atoms with Crippen LogP contribution in [0, 0.1) is 0 Å². The molecule has 0 radical (unpaired) electrons. The van der Waals surface area contributed by atoms with Gasteiger partial charge in [-0.25, -0.2) is 4.79 Å². The normalized spacial score (nSPS) is 13.9. The first-order chi connectivity index (χ1) is 9.04. The van der Waals surface area contributed by atoms with Crippen LogP contribution in [0.5, 0.6) is 5.75 Å². The number of aromatic hydroxyl groups is 1. The van der Waals surface area contributed by atoms with Crippen molar-refractivity contribution in [2.75, 3.05) is 7.11 Å². The Hall–Kier alpha value is -2.30. The molecular weight excluding hydrogens is 246 g/mol. The largest absolute Gasteiger partial charge is 0.505 e. The van der Waals surface area contributed by atoms with Crippen molar-refractivity contribution in [3.63, 3.8) is 0 Å². The summed E-state index contributed by atoms with van der Waals surface area (Å²) in [5, 5.41) is 11.0. The van der Waals surface area contributed by atoms with Crippen LogP contribution in [0.1, 0.15) is 32.8 Å². The van der Waals surface area contributed by atoms with Gasteiger partial charge in [0.25, 0.3) is 0 Å². The first-order valence-corrected chi connectivity index (χ1v) is 6.00. The molecule has 1 aromatic carbocycles. The van der Waals surface area contributed by atoms with E-state index in [9.17, 15) is 14.7 Å². The molecule has 2 aromatic rings. The number of phenols is 1. The standard InChI is InChI=1S/C14H13NO4/c1-15-9(14(18)19-2)6-8-5-7-3-4-10(16)11(7)13(17)12(8)15/h5-6,17H,3-4H2,1-2H3. The van der Waals surface area contributed by atoms with Crippen molar-refractivity contribution in [3.8, 4) is 5.75 Å². The second kappa shape index (κ2) is 3.85. The number of benzene rings is 1. The monoisotopic (exact) mass is 259 g/mol. The number of ketones is 1. The summed E-state index contributed by atoms with van der Waals surface area (Å²) in [5.74, 6) is -0.549. The Kier molecular flexibility index (Phi) is 2.38. The number of ether oxygens (including phenoxy) is 1. The minimum Gasteiger partial charge on any atom is -0.505 e. The number of carbonyl (C=O) groups is 2. The van der Waals surface area contributed by atoms with Crippen molar-refractivity contribution in [3.05, 3.63) is 29.0 Å². The van der Waals surface area contributed by atoms with Crippen LogP contribution >= 0.6 is 0 Å². The van der Waals surface area contributed by atoms with Gasteiger partial charge in [-0.2, -0.15) is 0 Å². The summed E-state index contributed by atoms with van der Waals surface area (Å²) in [6.45, 7) is 0. The number of aryl methyl sites for hydroxylation is 2. The van der Waals surface area contributed by atoms with Crippen molar-refractivity contribution in [2.24, 2.45) is 7.05 Å². The van der Waals surface area contributed by atoms with Gasteiger partial charge in [-0.05, 0) is 24.1 Å². The van der Waals surface area contributed by atoms with Crippen LogP contribution in [0.15, 0.2) is 12.1 Å². The molecule has 0 fully saturated rings. The van der Waals surface area contributed by atoms with Crippen LogP contribution in [0.4, 0.5) is 0 Å². The molecule has 1 aromatic heterocycles. The fourth-order valence-corrected chi connectivity index (χ4v) is 2.74. The Bertz CT molecular complexity index is 727. The zero-order chi connectivity index (χ0) is 13.7. The maximum absolute atomic E-state index is 11.8. The predicted molar refractivity (Wildman–Crippen MR) is 68.6 cm³/mol. The molecule has 1 aliphatic rings. The third kappa shape index (κ3) is 1.47. The second-order valence-electron chi connectivity index (χ2n) is 4.70. The lowest BCUT2D eigenvalue weighted by molar-refractivity contribution is 0.0590. The van der Waals surface area contributed by atoms with Crippen molar-refractivity contribution in [1.82, 2.24) is 4.57 Å². The summed E-state index contributed by atoms with van der Waals surface area (Å²) in [5.41, 5.74) is 2.08. The fraction of sp³-hybridized carbons (Fsp3) is 0.286. The number of rotatable bonds is 1. The molecule has 3 rings (SSSR count). The van der Waals surface area contributed by atoms with Crippen molar-refractivity contribution >= 4 is 22.7 Å². The molecule has 5 heteroatoms. The SMILES string of the molecule is COC(=O)c1cc2cc3c(c(O)c2n1C)C(=O)CC3. The number of esters is 1. The summed E-state index contributed by atoms with van der Waals surface area (Å²) < 4.78 is 6.26. The van der Waals surface area contributed by atoms with Gasteiger partial charge in [0, 0.05) is 18.9 Å². The summed E-state index contributed by atoms with van der Waals surface area (Å²) in [6, 6.07) is 3.53. The molecule has 0 aliphatic heterocycles.